The van der Waals surface area contributed by atoms with Crippen molar-refractivity contribution in [2.24, 2.45) is 0 Å². The highest BCUT2D eigenvalue weighted by molar-refractivity contribution is 7.97. The smallest absolute Gasteiger partial charge is 0.243 e. The summed E-state index contributed by atoms with van der Waals surface area (Å²) in [7, 11) is 0. The molecule has 1 N–H and O–H groups in total. The Morgan fingerprint density at radius 3 is 2.38 bits per heavy atom. The number of piperidine rings is 1. The van der Waals surface area contributed by atoms with Crippen LogP contribution in [0, 0.1) is 6.92 Å². The van der Waals surface area contributed by atoms with Crippen LogP contribution in [0.2, 0.25) is 0 Å². The summed E-state index contributed by atoms with van der Waals surface area (Å²) in [6, 6.07) is 8.89. The minimum atomic E-state index is -0.0652. The highest BCUT2D eigenvalue weighted by atomic mass is 32.2. The fraction of sp³-hybridized carbons (Fsp3) is 0.471. The molecule has 1 aliphatic heterocycles. The molecule has 0 spiro atoms. The lowest BCUT2D eigenvalue weighted by molar-refractivity contribution is -0.117. The molecule has 0 saturated carbocycles. The molecule has 0 aliphatic carbocycles. The summed E-state index contributed by atoms with van der Waals surface area (Å²) in [6.07, 6.45) is 3.34. The van der Waals surface area contributed by atoms with Crippen molar-refractivity contribution in [2.75, 3.05) is 13.1 Å². The SMILES string of the molecule is C=CC(=O)NC1CCN(Sc2ccc(C)cc2)CC1.CC. The van der Waals surface area contributed by atoms with Gasteiger partial charge in [-0.1, -0.05) is 38.1 Å². The molecule has 0 bridgehead atoms. The molecule has 4 heteroatoms. The molecule has 0 unspecified atom stereocenters. The van der Waals surface area contributed by atoms with Crippen molar-refractivity contribution in [2.45, 2.75) is 44.6 Å². The maximum Gasteiger partial charge on any atom is 0.243 e. The van der Waals surface area contributed by atoms with E-state index in [0.717, 1.165) is 25.9 Å². The van der Waals surface area contributed by atoms with Crippen LogP contribution in [0.5, 0.6) is 0 Å². The number of amides is 1. The molecule has 1 heterocycles. The molecule has 1 aromatic rings. The lowest BCUT2D eigenvalue weighted by Crippen LogP contribution is -2.42. The van der Waals surface area contributed by atoms with Gasteiger partial charge in [-0.15, -0.1) is 0 Å². The zero-order chi connectivity index (χ0) is 15.7. The van der Waals surface area contributed by atoms with Crippen LogP contribution >= 0.6 is 11.9 Å². The van der Waals surface area contributed by atoms with Gasteiger partial charge in [0.05, 0.1) is 0 Å². The van der Waals surface area contributed by atoms with E-state index in [2.05, 4.69) is 47.4 Å². The van der Waals surface area contributed by atoms with Gasteiger partial charge >= 0.3 is 0 Å². The van der Waals surface area contributed by atoms with Gasteiger partial charge in [-0.3, -0.25) is 4.79 Å². The largest absolute Gasteiger partial charge is 0.350 e. The fourth-order valence-electron chi connectivity index (χ4n) is 2.10. The van der Waals surface area contributed by atoms with E-state index in [1.54, 1.807) is 11.9 Å². The monoisotopic (exact) mass is 306 g/mol. The van der Waals surface area contributed by atoms with Crippen LogP contribution in [0.1, 0.15) is 32.3 Å². The van der Waals surface area contributed by atoms with Crippen molar-refractivity contribution >= 4 is 17.9 Å². The first-order valence-corrected chi connectivity index (χ1v) is 8.37. The second-order valence-electron chi connectivity index (χ2n) is 4.82. The molecule has 2 rings (SSSR count). The van der Waals surface area contributed by atoms with E-state index in [1.807, 2.05) is 13.8 Å². The molecule has 0 aromatic heterocycles. The van der Waals surface area contributed by atoms with Gasteiger partial charge in [-0.05, 0) is 49.9 Å². The van der Waals surface area contributed by atoms with Gasteiger partial charge in [0.2, 0.25) is 5.91 Å². The Morgan fingerprint density at radius 2 is 1.86 bits per heavy atom. The van der Waals surface area contributed by atoms with Gasteiger partial charge in [-0.2, -0.15) is 0 Å². The maximum absolute atomic E-state index is 11.2. The van der Waals surface area contributed by atoms with Crippen molar-refractivity contribution in [1.82, 2.24) is 9.62 Å². The van der Waals surface area contributed by atoms with Gasteiger partial charge in [0.15, 0.2) is 0 Å². The zero-order valence-electron chi connectivity index (χ0n) is 13.3. The molecule has 1 fully saturated rings. The van der Waals surface area contributed by atoms with E-state index in [4.69, 9.17) is 0 Å². The predicted molar refractivity (Wildman–Crippen MR) is 91.3 cm³/mol. The van der Waals surface area contributed by atoms with Crippen molar-refractivity contribution in [3.63, 3.8) is 0 Å². The summed E-state index contributed by atoms with van der Waals surface area (Å²) in [5.74, 6) is -0.0652. The number of carbonyl (C=O) groups excluding carboxylic acids is 1. The number of nitrogens with zero attached hydrogens (tertiary/aromatic N) is 1. The molecule has 1 saturated heterocycles. The maximum atomic E-state index is 11.2. The molecule has 116 valence electrons. The van der Waals surface area contributed by atoms with Gasteiger partial charge < -0.3 is 5.32 Å². The summed E-state index contributed by atoms with van der Waals surface area (Å²) < 4.78 is 2.36. The molecule has 1 aliphatic rings. The van der Waals surface area contributed by atoms with Gasteiger partial charge in [0.25, 0.3) is 0 Å². The summed E-state index contributed by atoms with van der Waals surface area (Å²) in [5, 5.41) is 2.97. The number of hydrogen-bond donors (Lipinski definition) is 1. The molecular weight excluding hydrogens is 280 g/mol. The number of carbonyl (C=O) groups is 1. The van der Waals surface area contributed by atoms with Crippen LogP contribution in [-0.2, 0) is 4.79 Å². The first kappa shape index (κ1) is 17.8. The van der Waals surface area contributed by atoms with Crippen molar-refractivity contribution in [3.8, 4) is 0 Å². The van der Waals surface area contributed by atoms with Crippen LogP contribution in [-0.4, -0.2) is 29.3 Å². The second-order valence-corrected chi connectivity index (χ2v) is 5.99. The molecule has 21 heavy (non-hydrogen) atoms. The number of hydrogen-bond acceptors (Lipinski definition) is 3. The predicted octanol–water partition coefficient (Wildman–Crippen LogP) is 3.79. The van der Waals surface area contributed by atoms with Crippen molar-refractivity contribution < 1.29 is 4.79 Å². The first-order valence-electron chi connectivity index (χ1n) is 7.60. The summed E-state index contributed by atoms with van der Waals surface area (Å²) in [6.45, 7) is 11.6. The summed E-state index contributed by atoms with van der Waals surface area (Å²) in [5.41, 5.74) is 1.29. The topological polar surface area (TPSA) is 32.3 Å². The normalized spacial score (nSPS) is 15.8. The van der Waals surface area contributed by atoms with E-state index >= 15 is 0 Å². The highest BCUT2D eigenvalue weighted by Gasteiger charge is 2.20. The Balaban J connectivity index is 0.00000106. The Hall–Kier alpha value is -1.26. The number of rotatable bonds is 4. The Kier molecular flexibility index (Phi) is 8.16. The molecule has 3 nitrogen and oxygen atoms in total. The van der Waals surface area contributed by atoms with E-state index in [1.165, 1.54) is 16.5 Å². The minimum Gasteiger partial charge on any atom is -0.350 e. The highest BCUT2D eigenvalue weighted by Crippen LogP contribution is 2.26. The first-order chi connectivity index (χ1) is 10.2. The average Bonchev–Trinajstić information content (AvgIpc) is 2.53. The molecule has 1 amide bonds. The van der Waals surface area contributed by atoms with Crippen molar-refractivity contribution in [3.05, 3.63) is 42.5 Å². The van der Waals surface area contributed by atoms with Gasteiger partial charge in [0.1, 0.15) is 0 Å². The molecule has 1 aromatic carbocycles. The van der Waals surface area contributed by atoms with Crippen LogP contribution < -0.4 is 5.32 Å². The fourth-order valence-corrected chi connectivity index (χ4v) is 3.05. The summed E-state index contributed by atoms with van der Waals surface area (Å²) in [4.78, 5) is 12.5. The lowest BCUT2D eigenvalue weighted by Gasteiger charge is -2.31. The van der Waals surface area contributed by atoms with Gasteiger partial charge in [-0.25, -0.2) is 4.31 Å². The van der Waals surface area contributed by atoms with Gasteiger partial charge in [0, 0.05) is 24.0 Å². The lowest BCUT2D eigenvalue weighted by atomic mass is 10.1. The average molecular weight is 306 g/mol. The van der Waals surface area contributed by atoms with E-state index < -0.39 is 0 Å². The van der Waals surface area contributed by atoms with Crippen LogP contribution in [0.15, 0.2) is 41.8 Å². The molecular formula is C17H26N2OS. The Morgan fingerprint density at radius 1 is 1.29 bits per heavy atom. The summed E-state index contributed by atoms with van der Waals surface area (Å²) >= 11 is 1.80. The standard InChI is InChI=1S/C15H20N2OS.C2H6/c1-3-15(18)16-13-8-10-17(11-9-13)19-14-6-4-12(2)5-7-14;1-2/h3-7,13H,1,8-11H2,2H3,(H,16,18);1-2H3. The third-order valence-electron chi connectivity index (χ3n) is 3.24. The van der Waals surface area contributed by atoms with Crippen LogP contribution in [0.3, 0.4) is 0 Å². The Bertz CT molecular complexity index is 437. The number of benzene rings is 1. The minimum absolute atomic E-state index is 0.0652. The van der Waals surface area contributed by atoms with E-state index in [-0.39, 0.29) is 5.91 Å². The van der Waals surface area contributed by atoms with E-state index in [0.29, 0.717) is 6.04 Å². The van der Waals surface area contributed by atoms with Crippen LogP contribution in [0.25, 0.3) is 0 Å². The quantitative estimate of drug-likeness (QED) is 0.678. The van der Waals surface area contributed by atoms with Crippen LogP contribution in [0.4, 0.5) is 0 Å². The third-order valence-corrected chi connectivity index (χ3v) is 4.35. The molecule has 0 radical (unpaired) electrons. The molecule has 0 atom stereocenters. The second kappa shape index (κ2) is 9.64. The Labute approximate surface area is 132 Å². The van der Waals surface area contributed by atoms with E-state index in [9.17, 15) is 4.79 Å². The third kappa shape index (κ3) is 6.36. The number of aryl methyl sites for hydroxylation is 1. The zero-order valence-corrected chi connectivity index (χ0v) is 14.1. The van der Waals surface area contributed by atoms with Crippen molar-refractivity contribution in [1.29, 1.82) is 0 Å². The number of nitrogens with one attached hydrogen (secondary N) is 1.